The second-order valence-electron chi connectivity index (χ2n) is 9.02. The third-order valence-corrected chi connectivity index (χ3v) is 7.32. The van der Waals surface area contributed by atoms with Crippen LogP contribution in [0.25, 0.3) is 21.3 Å². The highest BCUT2D eigenvalue weighted by atomic mass is 32.1. The zero-order valence-electron chi connectivity index (χ0n) is 19.8. The summed E-state index contributed by atoms with van der Waals surface area (Å²) >= 11 is 1.62. The van der Waals surface area contributed by atoms with Crippen LogP contribution in [0, 0.1) is 0 Å². The van der Waals surface area contributed by atoms with Gasteiger partial charge in [-0.15, -0.1) is 0 Å². The van der Waals surface area contributed by atoms with Gasteiger partial charge in [0.1, 0.15) is 5.82 Å². The standard InChI is InChI=1S/C25H27N7OS/c1-30(2)20-14-32(15-20)24-9-16(5-6-26-24)22(33)10-19-8-17-7-18(11-28-21(17)12-27-19)23-13-29-25(34-23)31(3)4/h5-9,11-13,20H,10,14-15H2,1-4H3. The van der Waals surface area contributed by atoms with Gasteiger partial charge in [0.05, 0.1) is 23.0 Å². The first kappa shape index (κ1) is 22.4. The van der Waals surface area contributed by atoms with E-state index in [0.29, 0.717) is 11.6 Å². The van der Waals surface area contributed by atoms with E-state index in [2.05, 4.69) is 49.9 Å². The Balaban J connectivity index is 1.33. The summed E-state index contributed by atoms with van der Waals surface area (Å²) in [6.07, 6.45) is 7.40. The van der Waals surface area contributed by atoms with Crippen LogP contribution >= 0.6 is 11.3 Å². The lowest BCUT2D eigenvalue weighted by Crippen LogP contribution is -2.57. The molecule has 8 nitrogen and oxygen atoms in total. The summed E-state index contributed by atoms with van der Waals surface area (Å²) in [4.78, 5) is 38.5. The molecule has 9 heteroatoms. The van der Waals surface area contributed by atoms with Crippen molar-refractivity contribution in [2.75, 3.05) is 51.1 Å². The Morgan fingerprint density at radius 2 is 1.85 bits per heavy atom. The minimum absolute atomic E-state index is 0.0300. The highest BCUT2D eigenvalue weighted by Gasteiger charge is 2.29. The van der Waals surface area contributed by atoms with Crippen LogP contribution in [0.4, 0.5) is 10.9 Å². The second kappa shape index (κ2) is 9.08. The molecule has 1 aliphatic rings. The Bertz CT molecular complexity index is 1340. The zero-order chi connectivity index (χ0) is 23.8. The van der Waals surface area contributed by atoms with Crippen LogP contribution in [0.1, 0.15) is 16.1 Å². The van der Waals surface area contributed by atoms with Gasteiger partial charge < -0.3 is 14.7 Å². The number of carbonyl (C=O) groups is 1. The molecule has 0 unspecified atom stereocenters. The quantitative estimate of drug-likeness (QED) is 0.378. The van der Waals surface area contributed by atoms with E-state index in [-0.39, 0.29) is 12.2 Å². The van der Waals surface area contributed by atoms with E-state index in [1.165, 1.54) is 0 Å². The van der Waals surface area contributed by atoms with Gasteiger partial charge >= 0.3 is 0 Å². The van der Waals surface area contributed by atoms with Crippen molar-refractivity contribution >= 4 is 39.0 Å². The Kier molecular flexibility index (Phi) is 5.97. The van der Waals surface area contributed by atoms with Crippen molar-refractivity contribution in [3.05, 3.63) is 60.3 Å². The summed E-state index contributed by atoms with van der Waals surface area (Å²) in [5.41, 5.74) is 3.19. The van der Waals surface area contributed by atoms with Crippen molar-refractivity contribution < 1.29 is 4.79 Å². The zero-order valence-corrected chi connectivity index (χ0v) is 20.6. The number of rotatable bonds is 7. The molecule has 0 N–H and O–H groups in total. The first-order valence-electron chi connectivity index (χ1n) is 11.2. The molecule has 1 saturated heterocycles. The van der Waals surface area contributed by atoms with Gasteiger partial charge in [-0.1, -0.05) is 11.3 Å². The number of pyridine rings is 3. The van der Waals surface area contributed by atoms with Crippen molar-refractivity contribution in [2.45, 2.75) is 12.5 Å². The fraction of sp³-hybridized carbons (Fsp3) is 0.320. The van der Waals surface area contributed by atoms with Crippen molar-refractivity contribution in [2.24, 2.45) is 0 Å². The molecular formula is C25H27N7OS. The van der Waals surface area contributed by atoms with Gasteiger partial charge in [-0.2, -0.15) is 0 Å². The highest BCUT2D eigenvalue weighted by Crippen LogP contribution is 2.31. The maximum absolute atomic E-state index is 13.0. The molecule has 0 aromatic carbocycles. The summed E-state index contributed by atoms with van der Waals surface area (Å²) < 4.78 is 0. The lowest BCUT2D eigenvalue weighted by Gasteiger charge is -2.43. The molecule has 0 atom stereocenters. The summed E-state index contributed by atoms with van der Waals surface area (Å²) in [5, 5.41) is 1.91. The van der Waals surface area contributed by atoms with Crippen molar-refractivity contribution in [3.8, 4) is 10.4 Å². The van der Waals surface area contributed by atoms with Crippen LogP contribution in [0.2, 0.25) is 0 Å². The number of likely N-dealkylation sites (N-methyl/N-ethyl adjacent to an activating group) is 1. The Hall–Kier alpha value is -3.43. The van der Waals surface area contributed by atoms with Gasteiger partial charge in [-0.25, -0.2) is 9.97 Å². The molecule has 0 aliphatic carbocycles. The van der Waals surface area contributed by atoms with Crippen molar-refractivity contribution in [1.82, 2.24) is 24.8 Å². The number of carbonyl (C=O) groups excluding carboxylic acids is 1. The molecule has 1 aliphatic heterocycles. The third kappa shape index (κ3) is 4.49. The van der Waals surface area contributed by atoms with Gasteiger partial charge in [-0.05, 0) is 38.4 Å². The van der Waals surface area contributed by atoms with E-state index in [4.69, 9.17) is 0 Å². The SMILES string of the molecule is CN(C)c1ncc(-c2cnc3cnc(CC(=O)c4ccnc(N5CC(N(C)C)C5)c4)cc3c2)s1. The number of Topliss-reactive ketones (excluding diaryl/α,β-unsaturated/α-hetero) is 1. The van der Waals surface area contributed by atoms with Crippen LogP contribution in [0.3, 0.4) is 0 Å². The fourth-order valence-electron chi connectivity index (χ4n) is 3.91. The van der Waals surface area contributed by atoms with Crippen molar-refractivity contribution in [1.29, 1.82) is 0 Å². The predicted molar refractivity (Wildman–Crippen MR) is 137 cm³/mol. The van der Waals surface area contributed by atoms with E-state index in [0.717, 1.165) is 51.1 Å². The summed E-state index contributed by atoms with van der Waals surface area (Å²) in [6, 6.07) is 8.24. The van der Waals surface area contributed by atoms with E-state index in [9.17, 15) is 4.79 Å². The molecule has 0 saturated carbocycles. The molecule has 4 aromatic heterocycles. The minimum Gasteiger partial charge on any atom is -0.354 e. The average Bonchev–Trinajstić information content (AvgIpc) is 3.28. The fourth-order valence-corrected chi connectivity index (χ4v) is 4.73. The number of ketones is 1. The molecular weight excluding hydrogens is 446 g/mol. The number of aromatic nitrogens is 4. The van der Waals surface area contributed by atoms with Crippen LogP contribution in [-0.4, -0.2) is 77.9 Å². The molecule has 5 heterocycles. The normalized spacial score (nSPS) is 14.0. The van der Waals surface area contributed by atoms with E-state index in [1.807, 2.05) is 43.5 Å². The Morgan fingerprint density at radius 3 is 2.59 bits per heavy atom. The number of fused-ring (bicyclic) bond motifs is 1. The number of thiazole rings is 1. The lowest BCUT2D eigenvalue weighted by atomic mass is 10.0. The van der Waals surface area contributed by atoms with Gasteiger partial charge in [0.25, 0.3) is 0 Å². The monoisotopic (exact) mass is 473 g/mol. The highest BCUT2D eigenvalue weighted by molar-refractivity contribution is 7.18. The molecule has 4 aromatic rings. The van der Waals surface area contributed by atoms with Gasteiger partial charge in [-0.3, -0.25) is 14.8 Å². The summed E-state index contributed by atoms with van der Waals surface area (Å²) in [5.74, 6) is 0.883. The maximum Gasteiger partial charge on any atom is 0.185 e. The maximum atomic E-state index is 13.0. The Morgan fingerprint density at radius 1 is 1.03 bits per heavy atom. The van der Waals surface area contributed by atoms with Crippen LogP contribution < -0.4 is 9.80 Å². The molecule has 0 spiro atoms. The first-order valence-corrected chi connectivity index (χ1v) is 12.0. The topological polar surface area (TPSA) is 78.3 Å². The van der Waals surface area contributed by atoms with Crippen LogP contribution in [-0.2, 0) is 6.42 Å². The summed E-state index contributed by atoms with van der Waals surface area (Å²) in [7, 11) is 8.13. The number of hydrogen-bond acceptors (Lipinski definition) is 9. The average molecular weight is 474 g/mol. The number of anilines is 2. The largest absolute Gasteiger partial charge is 0.354 e. The molecule has 5 rings (SSSR count). The second-order valence-corrected chi connectivity index (χ2v) is 10.0. The van der Waals surface area contributed by atoms with Crippen LogP contribution in [0.5, 0.6) is 0 Å². The molecule has 0 radical (unpaired) electrons. The third-order valence-electron chi connectivity index (χ3n) is 6.11. The molecule has 0 amide bonds. The van der Waals surface area contributed by atoms with Crippen molar-refractivity contribution in [3.63, 3.8) is 0 Å². The van der Waals surface area contributed by atoms with E-state index in [1.54, 1.807) is 29.8 Å². The van der Waals surface area contributed by atoms with Gasteiger partial charge in [0, 0.05) is 74.0 Å². The Labute approximate surface area is 202 Å². The molecule has 0 bridgehead atoms. The number of nitrogens with zero attached hydrogens (tertiary/aromatic N) is 7. The van der Waals surface area contributed by atoms with E-state index < -0.39 is 0 Å². The summed E-state index contributed by atoms with van der Waals surface area (Å²) in [6.45, 7) is 1.85. The smallest absolute Gasteiger partial charge is 0.185 e. The molecule has 1 fully saturated rings. The first-order chi connectivity index (χ1) is 16.4. The molecule has 34 heavy (non-hydrogen) atoms. The lowest BCUT2D eigenvalue weighted by molar-refractivity contribution is 0.0992. The van der Waals surface area contributed by atoms with Gasteiger partial charge in [0.2, 0.25) is 0 Å². The predicted octanol–water partition coefficient (Wildman–Crippen LogP) is 3.39. The van der Waals surface area contributed by atoms with Crippen LogP contribution in [0.15, 0.2) is 49.1 Å². The number of hydrogen-bond donors (Lipinski definition) is 0. The minimum atomic E-state index is 0.0300. The van der Waals surface area contributed by atoms with E-state index >= 15 is 0 Å². The van der Waals surface area contributed by atoms with Gasteiger partial charge in [0.15, 0.2) is 10.9 Å². The molecule has 174 valence electrons.